The number of carbonyl (C=O) groups is 2. The van der Waals surface area contributed by atoms with E-state index in [4.69, 9.17) is 4.74 Å². The lowest BCUT2D eigenvalue weighted by Crippen LogP contribution is -2.59. The number of hydrogen-bond donors (Lipinski definition) is 1. The van der Waals surface area contributed by atoms with Crippen LogP contribution in [0.15, 0.2) is 71.6 Å². The van der Waals surface area contributed by atoms with E-state index in [1.54, 1.807) is 47.4 Å². The number of esters is 1. The van der Waals surface area contributed by atoms with Gasteiger partial charge in [0.05, 0.1) is 29.6 Å². The van der Waals surface area contributed by atoms with Gasteiger partial charge >= 0.3 is 5.97 Å². The number of methoxy groups -OCH3 is 1. The van der Waals surface area contributed by atoms with Crippen molar-refractivity contribution in [1.29, 1.82) is 5.26 Å². The van der Waals surface area contributed by atoms with Gasteiger partial charge in [0.15, 0.2) is 0 Å². The summed E-state index contributed by atoms with van der Waals surface area (Å²) in [6.07, 6.45) is 4.08. The monoisotopic (exact) mass is 559 g/mol. The molecule has 3 aromatic rings. The maximum Gasteiger partial charge on any atom is 0.309 e. The van der Waals surface area contributed by atoms with Crippen LogP contribution in [0.5, 0.6) is 0 Å². The van der Waals surface area contributed by atoms with Gasteiger partial charge in [-0.05, 0) is 72.2 Å². The molecule has 1 saturated heterocycles. The van der Waals surface area contributed by atoms with Crippen molar-refractivity contribution in [3.63, 3.8) is 0 Å². The number of sulfonamides is 1. The lowest BCUT2D eigenvalue weighted by Gasteiger charge is -2.48. The minimum Gasteiger partial charge on any atom is -0.469 e. The largest absolute Gasteiger partial charge is 0.469 e. The minimum atomic E-state index is -4.06. The normalized spacial score (nSPS) is 21.7. The van der Waals surface area contributed by atoms with E-state index in [0.29, 0.717) is 24.1 Å². The van der Waals surface area contributed by atoms with Gasteiger partial charge in [-0.2, -0.15) is 9.98 Å². The lowest BCUT2D eigenvalue weighted by atomic mass is 9.71. The first-order valence-electron chi connectivity index (χ1n) is 13.7. The molecule has 1 saturated carbocycles. The number of nitrogens with one attached hydrogen (secondary N) is 1. The Bertz CT molecular complexity index is 1560. The Kier molecular flexibility index (Phi) is 8.19. The molecule has 8 nitrogen and oxygen atoms in total. The first kappa shape index (κ1) is 27.8. The van der Waals surface area contributed by atoms with E-state index in [2.05, 4.69) is 10.8 Å². The van der Waals surface area contributed by atoms with Gasteiger partial charge in [-0.3, -0.25) is 9.59 Å². The standard InChI is InChI=1S/C31H33N3O5S/c1-39-31(36)27-15-16-34(29-12-5-4-11-26(27)29)30(35)28(18-21-7-6-8-22(17-21)20-32)33-40(37,38)25-14-13-23-9-2-3-10-24(23)19-25/h2-3,6-10,13-14,17,19,26-29,33H,4-5,11-12,15-16,18H2,1H3/t26?,27?,28-,29?/m0/s1. The van der Waals surface area contributed by atoms with E-state index in [1.807, 2.05) is 24.3 Å². The molecule has 0 radical (unpaired) electrons. The summed E-state index contributed by atoms with van der Waals surface area (Å²) in [6, 6.07) is 20.1. The Balaban J connectivity index is 1.47. The Morgan fingerprint density at radius 3 is 2.58 bits per heavy atom. The van der Waals surface area contributed by atoms with Crippen molar-refractivity contribution in [2.45, 2.75) is 55.5 Å². The van der Waals surface area contributed by atoms with Crippen LogP contribution < -0.4 is 4.72 Å². The molecule has 4 atom stereocenters. The molecule has 1 N–H and O–H groups in total. The number of ether oxygens (including phenoxy) is 1. The molecular formula is C31H33N3O5S. The number of piperidine rings is 1. The van der Waals surface area contributed by atoms with Gasteiger partial charge in [-0.25, -0.2) is 8.42 Å². The first-order chi connectivity index (χ1) is 19.3. The predicted molar refractivity (Wildman–Crippen MR) is 151 cm³/mol. The van der Waals surface area contributed by atoms with Crippen LogP contribution in [0.3, 0.4) is 0 Å². The third kappa shape index (κ3) is 5.74. The Morgan fingerprint density at radius 2 is 1.80 bits per heavy atom. The van der Waals surface area contributed by atoms with Crippen LogP contribution in [0.1, 0.15) is 43.2 Å². The molecule has 1 amide bonds. The molecule has 5 rings (SSSR count). The van der Waals surface area contributed by atoms with Gasteiger partial charge < -0.3 is 9.64 Å². The SMILES string of the molecule is COC(=O)C1CCN(C(=O)[C@H](Cc2cccc(C#N)c2)NS(=O)(=O)c2ccc3ccccc3c2)C2CCCCC12. The molecular weight excluding hydrogens is 526 g/mol. The number of benzene rings is 3. The Morgan fingerprint density at radius 1 is 1.02 bits per heavy atom. The average molecular weight is 560 g/mol. The quantitative estimate of drug-likeness (QED) is 0.434. The van der Waals surface area contributed by atoms with Crippen LogP contribution in [-0.2, 0) is 30.8 Å². The summed E-state index contributed by atoms with van der Waals surface area (Å²) in [5.74, 6) is -0.837. The molecule has 2 aliphatic rings. The van der Waals surface area contributed by atoms with Gasteiger partial charge in [-0.1, -0.05) is 55.3 Å². The summed E-state index contributed by atoms with van der Waals surface area (Å²) in [7, 11) is -2.67. The number of amides is 1. The molecule has 3 aromatic carbocycles. The second-order valence-electron chi connectivity index (χ2n) is 10.7. The highest BCUT2D eigenvalue weighted by Gasteiger charge is 2.46. The van der Waals surface area contributed by atoms with E-state index >= 15 is 0 Å². The van der Waals surface area contributed by atoms with Crippen LogP contribution in [0.25, 0.3) is 10.8 Å². The van der Waals surface area contributed by atoms with E-state index in [1.165, 1.54) is 7.11 Å². The summed E-state index contributed by atoms with van der Waals surface area (Å²) < 4.78 is 35.1. The van der Waals surface area contributed by atoms with Crippen LogP contribution >= 0.6 is 0 Å². The molecule has 0 bridgehead atoms. The number of rotatable bonds is 7. The number of nitrogens with zero attached hydrogens (tertiary/aromatic N) is 2. The van der Waals surface area contributed by atoms with E-state index < -0.39 is 16.1 Å². The highest BCUT2D eigenvalue weighted by atomic mass is 32.2. The topological polar surface area (TPSA) is 117 Å². The second-order valence-corrected chi connectivity index (χ2v) is 12.4. The van der Waals surface area contributed by atoms with Crippen LogP contribution in [-0.4, -0.2) is 50.9 Å². The van der Waals surface area contributed by atoms with Gasteiger partial charge in [0.25, 0.3) is 0 Å². The van der Waals surface area contributed by atoms with Crippen molar-refractivity contribution in [2.75, 3.05) is 13.7 Å². The zero-order chi connectivity index (χ0) is 28.3. The number of carbonyl (C=O) groups excluding carboxylic acids is 2. The summed E-state index contributed by atoms with van der Waals surface area (Å²) >= 11 is 0. The van der Waals surface area contributed by atoms with Crippen LogP contribution in [0.2, 0.25) is 0 Å². The molecule has 0 spiro atoms. The summed E-state index contributed by atoms with van der Waals surface area (Å²) in [4.78, 5) is 28.6. The van der Waals surface area contributed by atoms with E-state index in [9.17, 15) is 23.3 Å². The average Bonchev–Trinajstić information content (AvgIpc) is 2.99. The van der Waals surface area contributed by atoms with Crippen molar-refractivity contribution in [2.24, 2.45) is 11.8 Å². The summed E-state index contributed by atoms with van der Waals surface area (Å²) in [5.41, 5.74) is 1.12. The van der Waals surface area contributed by atoms with Gasteiger partial charge in [-0.15, -0.1) is 0 Å². The number of fused-ring (bicyclic) bond motifs is 2. The Hall–Kier alpha value is -3.74. The Labute approximate surface area is 235 Å². The molecule has 1 aliphatic carbocycles. The zero-order valence-electron chi connectivity index (χ0n) is 22.5. The lowest BCUT2D eigenvalue weighted by molar-refractivity contribution is -0.157. The fraction of sp³-hybridized carbons (Fsp3) is 0.387. The molecule has 40 heavy (non-hydrogen) atoms. The van der Waals surface area contributed by atoms with Crippen LogP contribution in [0, 0.1) is 23.2 Å². The predicted octanol–water partition coefficient (Wildman–Crippen LogP) is 4.18. The minimum absolute atomic E-state index is 0.0152. The highest BCUT2D eigenvalue weighted by molar-refractivity contribution is 7.89. The highest BCUT2D eigenvalue weighted by Crippen LogP contribution is 2.40. The molecule has 3 unspecified atom stereocenters. The zero-order valence-corrected chi connectivity index (χ0v) is 23.3. The molecule has 1 heterocycles. The third-order valence-corrected chi connectivity index (χ3v) is 9.76. The van der Waals surface area contributed by atoms with Crippen molar-refractivity contribution in [3.05, 3.63) is 77.9 Å². The van der Waals surface area contributed by atoms with Crippen molar-refractivity contribution < 1.29 is 22.7 Å². The number of nitriles is 1. The fourth-order valence-electron chi connectivity index (χ4n) is 6.34. The summed E-state index contributed by atoms with van der Waals surface area (Å²) in [6.45, 7) is 0.353. The second kappa shape index (κ2) is 11.8. The third-order valence-electron chi connectivity index (χ3n) is 8.29. The molecule has 208 valence electrons. The summed E-state index contributed by atoms with van der Waals surface area (Å²) in [5, 5.41) is 11.1. The molecule has 1 aliphatic heterocycles. The van der Waals surface area contributed by atoms with Gasteiger partial charge in [0, 0.05) is 12.6 Å². The van der Waals surface area contributed by atoms with Crippen molar-refractivity contribution in [1.82, 2.24) is 9.62 Å². The molecule has 2 fully saturated rings. The maximum atomic E-state index is 14.2. The van der Waals surface area contributed by atoms with Crippen molar-refractivity contribution in [3.8, 4) is 6.07 Å². The number of hydrogen-bond acceptors (Lipinski definition) is 6. The number of likely N-dealkylation sites (tertiary alicyclic amines) is 1. The first-order valence-corrected chi connectivity index (χ1v) is 15.2. The van der Waals surface area contributed by atoms with Gasteiger partial charge in [0.1, 0.15) is 6.04 Å². The fourth-order valence-corrected chi connectivity index (χ4v) is 7.57. The molecule has 0 aromatic heterocycles. The smallest absolute Gasteiger partial charge is 0.309 e. The molecule has 9 heteroatoms. The van der Waals surface area contributed by atoms with E-state index in [0.717, 1.165) is 36.5 Å². The van der Waals surface area contributed by atoms with Crippen LogP contribution in [0.4, 0.5) is 0 Å². The van der Waals surface area contributed by atoms with E-state index in [-0.39, 0.29) is 41.1 Å². The maximum absolute atomic E-state index is 14.2. The van der Waals surface area contributed by atoms with Gasteiger partial charge in [0.2, 0.25) is 15.9 Å². The van der Waals surface area contributed by atoms with Crippen molar-refractivity contribution >= 4 is 32.7 Å².